The maximum absolute atomic E-state index is 12.2. The molecule has 2 aromatic rings. The number of aryl methyl sites for hydroxylation is 1. The molecule has 1 amide bonds. The number of nitrogens with zero attached hydrogens (tertiary/aromatic N) is 3. The molecule has 0 fully saturated rings. The number of hydrogen-bond acceptors (Lipinski definition) is 4. The van der Waals surface area contributed by atoms with Gasteiger partial charge in [-0.3, -0.25) is 9.48 Å². The van der Waals surface area contributed by atoms with Crippen LogP contribution in [0.1, 0.15) is 40.6 Å². The van der Waals surface area contributed by atoms with Crippen LogP contribution in [0.4, 0.5) is 0 Å². The molecule has 20 heavy (non-hydrogen) atoms. The van der Waals surface area contributed by atoms with E-state index in [0.717, 1.165) is 30.5 Å². The maximum Gasteiger partial charge on any atom is 0.274 e. The fraction of sp³-hybridized carbons (Fsp3) is 0.357. The minimum Gasteiger partial charge on any atom is -0.505 e. The average Bonchev–Trinajstić information content (AvgIpc) is 2.82. The Bertz CT molecular complexity index is 650. The second kappa shape index (κ2) is 4.96. The minimum absolute atomic E-state index is 0.0588. The summed E-state index contributed by atoms with van der Waals surface area (Å²) in [4.78, 5) is 16.1. The summed E-state index contributed by atoms with van der Waals surface area (Å²) >= 11 is 0. The lowest BCUT2D eigenvalue weighted by Crippen LogP contribution is -2.31. The van der Waals surface area contributed by atoms with Crippen molar-refractivity contribution < 1.29 is 9.90 Å². The van der Waals surface area contributed by atoms with E-state index in [1.807, 2.05) is 11.7 Å². The summed E-state index contributed by atoms with van der Waals surface area (Å²) in [6.07, 6.45) is 6.15. The second-order valence-corrected chi connectivity index (χ2v) is 4.96. The fourth-order valence-corrected chi connectivity index (χ4v) is 2.65. The Morgan fingerprint density at radius 2 is 2.40 bits per heavy atom. The predicted molar refractivity (Wildman–Crippen MR) is 72.3 cm³/mol. The summed E-state index contributed by atoms with van der Waals surface area (Å²) in [7, 11) is 1.91. The van der Waals surface area contributed by atoms with E-state index < -0.39 is 0 Å². The predicted octanol–water partition coefficient (Wildman–Crippen LogP) is 1.33. The number of carbonyl (C=O) groups is 1. The van der Waals surface area contributed by atoms with E-state index in [2.05, 4.69) is 15.4 Å². The highest BCUT2D eigenvalue weighted by Gasteiger charge is 2.26. The largest absolute Gasteiger partial charge is 0.505 e. The van der Waals surface area contributed by atoms with Crippen LogP contribution in [0.15, 0.2) is 24.5 Å². The van der Waals surface area contributed by atoms with E-state index in [4.69, 9.17) is 0 Å². The number of aromatic nitrogens is 3. The average molecular weight is 272 g/mol. The number of nitrogens with one attached hydrogen (secondary N) is 1. The molecule has 2 N–H and O–H groups in total. The molecule has 104 valence electrons. The zero-order valence-electron chi connectivity index (χ0n) is 11.2. The van der Waals surface area contributed by atoms with Crippen LogP contribution in [0.25, 0.3) is 0 Å². The van der Waals surface area contributed by atoms with Crippen LogP contribution in [0.2, 0.25) is 0 Å². The molecule has 1 aliphatic carbocycles. The molecule has 6 heteroatoms. The molecule has 0 saturated heterocycles. The smallest absolute Gasteiger partial charge is 0.274 e. The van der Waals surface area contributed by atoms with Gasteiger partial charge in [-0.15, -0.1) is 0 Å². The Morgan fingerprint density at radius 3 is 3.20 bits per heavy atom. The van der Waals surface area contributed by atoms with Gasteiger partial charge in [0, 0.05) is 24.5 Å². The van der Waals surface area contributed by atoms with Crippen LogP contribution in [0, 0.1) is 0 Å². The Labute approximate surface area is 116 Å². The standard InChI is InChI=1S/C14H16N4O2/c1-18-11-5-2-4-10(9(11)8-16-18)17-14(20)13-12(19)6-3-7-15-13/h3,6-8,10,19H,2,4-5H2,1H3,(H,17,20). The van der Waals surface area contributed by atoms with Gasteiger partial charge >= 0.3 is 0 Å². The summed E-state index contributed by atoms with van der Waals surface area (Å²) in [6, 6.07) is 2.98. The van der Waals surface area contributed by atoms with Crippen LogP contribution in [0.5, 0.6) is 5.75 Å². The van der Waals surface area contributed by atoms with Crippen LogP contribution in [0.3, 0.4) is 0 Å². The summed E-state index contributed by atoms with van der Waals surface area (Å²) in [5.74, 6) is -0.461. The number of rotatable bonds is 2. The van der Waals surface area contributed by atoms with Crippen LogP contribution >= 0.6 is 0 Å². The van der Waals surface area contributed by atoms with Gasteiger partial charge in [0.25, 0.3) is 5.91 Å². The van der Waals surface area contributed by atoms with Gasteiger partial charge in [-0.2, -0.15) is 5.10 Å². The van der Waals surface area contributed by atoms with Gasteiger partial charge in [-0.05, 0) is 31.4 Å². The van der Waals surface area contributed by atoms with Crippen molar-refractivity contribution in [3.05, 3.63) is 41.5 Å². The third kappa shape index (κ3) is 2.13. The van der Waals surface area contributed by atoms with Gasteiger partial charge in [0.1, 0.15) is 5.75 Å². The molecule has 1 unspecified atom stereocenters. The highest BCUT2D eigenvalue weighted by Crippen LogP contribution is 2.29. The molecule has 0 aliphatic heterocycles. The second-order valence-electron chi connectivity index (χ2n) is 4.96. The van der Waals surface area contributed by atoms with Gasteiger partial charge in [-0.25, -0.2) is 4.98 Å². The molecule has 6 nitrogen and oxygen atoms in total. The zero-order chi connectivity index (χ0) is 14.1. The van der Waals surface area contributed by atoms with E-state index in [1.165, 1.54) is 12.3 Å². The normalized spacial score (nSPS) is 17.6. The summed E-state index contributed by atoms with van der Waals surface area (Å²) in [5.41, 5.74) is 2.28. The van der Waals surface area contributed by atoms with E-state index in [1.54, 1.807) is 12.3 Å². The van der Waals surface area contributed by atoms with Gasteiger partial charge in [0.05, 0.1) is 12.2 Å². The van der Waals surface area contributed by atoms with E-state index in [0.29, 0.717) is 0 Å². The van der Waals surface area contributed by atoms with E-state index in [9.17, 15) is 9.90 Å². The minimum atomic E-state index is -0.357. The summed E-state index contributed by atoms with van der Waals surface area (Å²) in [5, 5.41) is 16.8. The highest BCUT2D eigenvalue weighted by molar-refractivity contribution is 5.95. The Morgan fingerprint density at radius 1 is 1.55 bits per heavy atom. The molecule has 3 rings (SSSR count). The topological polar surface area (TPSA) is 80.0 Å². The lowest BCUT2D eigenvalue weighted by Gasteiger charge is -2.23. The number of fused-ring (bicyclic) bond motifs is 1. The SMILES string of the molecule is Cn1ncc2c1CCCC2NC(=O)c1ncccc1O. The Hall–Kier alpha value is -2.37. The lowest BCUT2D eigenvalue weighted by atomic mass is 9.93. The molecule has 1 aliphatic rings. The molecule has 2 aromatic heterocycles. The lowest BCUT2D eigenvalue weighted by molar-refractivity contribution is 0.0924. The van der Waals surface area contributed by atoms with Crippen molar-refractivity contribution in [2.24, 2.45) is 7.05 Å². The van der Waals surface area contributed by atoms with Crippen molar-refractivity contribution in [1.82, 2.24) is 20.1 Å². The molecular weight excluding hydrogens is 256 g/mol. The number of carbonyl (C=O) groups excluding carboxylic acids is 1. The van der Waals surface area contributed by atoms with Gasteiger partial charge in [0.15, 0.2) is 5.69 Å². The van der Waals surface area contributed by atoms with Crippen molar-refractivity contribution in [3.63, 3.8) is 0 Å². The molecule has 2 heterocycles. The van der Waals surface area contributed by atoms with Crippen LogP contribution < -0.4 is 5.32 Å². The number of aromatic hydroxyl groups is 1. The molecule has 0 aromatic carbocycles. The maximum atomic E-state index is 12.2. The molecule has 0 saturated carbocycles. The van der Waals surface area contributed by atoms with Crippen LogP contribution in [-0.2, 0) is 13.5 Å². The van der Waals surface area contributed by atoms with Crippen molar-refractivity contribution in [3.8, 4) is 5.75 Å². The van der Waals surface area contributed by atoms with Crippen molar-refractivity contribution in [2.45, 2.75) is 25.3 Å². The third-order valence-electron chi connectivity index (χ3n) is 3.68. The first-order chi connectivity index (χ1) is 9.66. The molecule has 0 bridgehead atoms. The van der Waals surface area contributed by atoms with Gasteiger partial charge < -0.3 is 10.4 Å². The van der Waals surface area contributed by atoms with Gasteiger partial charge in [-0.1, -0.05) is 0 Å². The first-order valence-electron chi connectivity index (χ1n) is 6.62. The summed E-state index contributed by atoms with van der Waals surface area (Å²) < 4.78 is 1.85. The van der Waals surface area contributed by atoms with Crippen LogP contribution in [-0.4, -0.2) is 25.8 Å². The van der Waals surface area contributed by atoms with Crippen molar-refractivity contribution >= 4 is 5.91 Å². The highest BCUT2D eigenvalue weighted by atomic mass is 16.3. The van der Waals surface area contributed by atoms with Crippen molar-refractivity contribution in [1.29, 1.82) is 0 Å². The Kier molecular flexibility index (Phi) is 3.14. The van der Waals surface area contributed by atoms with E-state index in [-0.39, 0.29) is 23.4 Å². The van der Waals surface area contributed by atoms with E-state index >= 15 is 0 Å². The number of hydrogen-bond donors (Lipinski definition) is 2. The first kappa shape index (κ1) is 12.7. The molecule has 0 spiro atoms. The fourth-order valence-electron chi connectivity index (χ4n) is 2.65. The zero-order valence-corrected chi connectivity index (χ0v) is 11.2. The summed E-state index contributed by atoms with van der Waals surface area (Å²) in [6.45, 7) is 0. The van der Waals surface area contributed by atoms with Gasteiger partial charge in [0.2, 0.25) is 0 Å². The Balaban J connectivity index is 1.83. The number of pyridine rings is 1. The van der Waals surface area contributed by atoms with Crippen molar-refractivity contribution in [2.75, 3.05) is 0 Å². The first-order valence-corrected chi connectivity index (χ1v) is 6.62. The molecule has 0 radical (unpaired) electrons. The number of amides is 1. The molecule has 1 atom stereocenters. The quantitative estimate of drug-likeness (QED) is 0.864. The third-order valence-corrected chi connectivity index (χ3v) is 3.68. The molecular formula is C14H16N4O2. The monoisotopic (exact) mass is 272 g/mol.